The molecule has 1 heterocycles. The lowest BCUT2D eigenvalue weighted by Gasteiger charge is -2.32. The Morgan fingerprint density at radius 2 is 1.76 bits per heavy atom. The molecule has 1 aliphatic rings. The Balaban J connectivity index is 2.03. The molecule has 1 aromatic carbocycles. The van der Waals surface area contributed by atoms with Crippen LogP contribution in [-0.2, 0) is 19.9 Å². The van der Waals surface area contributed by atoms with E-state index in [1.165, 1.54) is 30.7 Å². The molecule has 0 spiro atoms. The fraction of sp³-hybridized carbons (Fsp3) is 0.647. The van der Waals surface area contributed by atoms with Gasteiger partial charge in [-0.3, -0.25) is 0 Å². The van der Waals surface area contributed by atoms with E-state index in [0.717, 1.165) is 19.5 Å². The summed E-state index contributed by atoms with van der Waals surface area (Å²) in [6.07, 6.45) is 2.37. The van der Waals surface area contributed by atoms with E-state index in [9.17, 15) is 16.8 Å². The van der Waals surface area contributed by atoms with Crippen LogP contribution in [0.1, 0.15) is 33.6 Å². The molecule has 142 valence electrons. The molecule has 1 N–H and O–H groups in total. The number of likely N-dealkylation sites (tertiary alicyclic amines) is 1. The molecule has 25 heavy (non-hydrogen) atoms. The molecule has 2 rings (SSSR count). The summed E-state index contributed by atoms with van der Waals surface area (Å²) in [6, 6.07) is 5.19. The number of nitrogens with zero attached hydrogens (tertiary/aromatic N) is 1. The summed E-state index contributed by atoms with van der Waals surface area (Å²) in [5, 5.41) is 0. The molecule has 0 radical (unpaired) electrons. The van der Waals surface area contributed by atoms with Crippen molar-refractivity contribution in [1.82, 2.24) is 9.62 Å². The molecule has 1 aliphatic heterocycles. The minimum absolute atomic E-state index is 0.0113. The minimum atomic E-state index is -3.66. The molecule has 1 aromatic rings. The van der Waals surface area contributed by atoms with Crippen molar-refractivity contribution in [3.8, 4) is 0 Å². The van der Waals surface area contributed by atoms with E-state index in [0.29, 0.717) is 12.5 Å². The maximum atomic E-state index is 12.5. The lowest BCUT2D eigenvalue weighted by Crippen LogP contribution is -2.45. The predicted molar refractivity (Wildman–Crippen MR) is 98.8 cm³/mol. The largest absolute Gasteiger partial charge is 0.301 e. The number of nitrogens with one attached hydrogen (secondary N) is 1. The summed E-state index contributed by atoms with van der Waals surface area (Å²) in [5.41, 5.74) is 0. The number of benzene rings is 1. The Hall–Kier alpha value is -0.960. The zero-order valence-electron chi connectivity index (χ0n) is 15.1. The van der Waals surface area contributed by atoms with Crippen LogP contribution in [0.3, 0.4) is 0 Å². The van der Waals surface area contributed by atoms with Crippen LogP contribution in [0, 0.1) is 5.92 Å². The van der Waals surface area contributed by atoms with Gasteiger partial charge >= 0.3 is 0 Å². The van der Waals surface area contributed by atoms with Crippen molar-refractivity contribution in [3.63, 3.8) is 0 Å². The summed E-state index contributed by atoms with van der Waals surface area (Å²) in [5.74, 6) is 0.633. The second kappa shape index (κ2) is 8.16. The van der Waals surface area contributed by atoms with E-state index in [4.69, 9.17) is 0 Å². The van der Waals surface area contributed by atoms with Gasteiger partial charge in [-0.2, -0.15) is 0 Å². The molecule has 0 aromatic heterocycles. The third kappa shape index (κ3) is 5.51. The molecular weight excluding hydrogens is 360 g/mol. The van der Waals surface area contributed by atoms with Crippen molar-refractivity contribution in [2.24, 2.45) is 5.92 Å². The van der Waals surface area contributed by atoms with Crippen molar-refractivity contribution in [2.45, 2.75) is 49.4 Å². The van der Waals surface area contributed by atoms with Gasteiger partial charge in [0, 0.05) is 19.1 Å². The molecule has 0 unspecified atom stereocenters. The lowest BCUT2D eigenvalue weighted by atomic mass is 10.00. The molecule has 8 heteroatoms. The van der Waals surface area contributed by atoms with Gasteiger partial charge in [0.1, 0.15) is 0 Å². The van der Waals surface area contributed by atoms with Crippen LogP contribution in [0.2, 0.25) is 0 Å². The van der Waals surface area contributed by atoms with E-state index >= 15 is 0 Å². The monoisotopic (exact) mass is 388 g/mol. The average molecular weight is 389 g/mol. The summed E-state index contributed by atoms with van der Waals surface area (Å²) in [7, 11) is -6.99. The van der Waals surface area contributed by atoms with Crippen LogP contribution < -0.4 is 4.72 Å². The van der Waals surface area contributed by atoms with Gasteiger partial charge in [0.05, 0.1) is 15.5 Å². The first kappa shape index (κ1) is 20.4. The number of sulfonamides is 1. The zero-order valence-corrected chi connectivity index (χ0v) is 16.7. The maximum Gasteiger partial charge on any atom is 0.240 e. The first-order chi connectivity index (χ1) is 11.6. The third-order valence-electron chi connectivity index (χ3n) is 4.50. The summed E-state index contributed by atoms with van der Waals surface area (Å²) >= 11 is 0. The highest BCUT2D eigenvalue weighted by atomic mass is 32.2. The van der Waals surface area contributed by atoms with Crippen LogP contribution >= 0.6 is 0 Å². The quantitative estimate of drug-likeness (QED) is 0.771. The molecule has 0 bridgehead atoms. The highest BCUT2D eigenvalue weighted by Gasteiger charge is 2.22. The molecular formula is C17H28N2O4S2. The topological polar surface area (TPSA) is 83.5 Å². The summed E-state index contributed by atoms with van der Waals surface area (Å²) < 4.78 is 51.3. The highest BCUT2D eigenvalue weighted by Crippen LogP contribution is 2.17. The second-order valence-corrected chi connectivity index (χ2v) is 10.9. The smallest absolute Gasteiger partial charge is 0.240 e. The molecule has 2 atom stereocenters. The third-order valence-corrected chi connectivity index (χ3v) is 7.86. The minimum Gasteiger partial charge on any atom is -0.301 e. The van der Waals surface area contributed by atoms with Gasteiger partial charge in [-0.15, -0.1) is 0 Å². The molecule has 1 fully saturated rings. The van der Waals surface area contributed by atoms with Crippen molar-refractivity contribution < 1.29 is 16.8 Å². The Morgan fingerprint density at radius 1 is 1.16 bits per heavy atom. The van der Waals surface area contributed by atoms with Crippen LogP contribution in [0.25, 0.3) is 0 Å². The normalized spacial score (nSPS) is 21.2. The molecule has 1 saturated heterocycles. The molecule has 0 amide bonds. The van der Waals surface area contributed by atoms with Crippen LogP contribution in [-0.4, -0.2) is 53.2 Å². The standard InChI is InChI=1S/C17H28N2O4S2/c1-4-24(20,21)16-7-9-17(10-8-16)25(22,23)18-15(3)13-19-11-5-6-14(2)12-19/h7-10,14-15,18H,4-6,11-13H2,1-3H3/t14-,15+/m1/s1. The van der Waals surface area contributed by atoms with Crippen molar-refractivity contribution >= 4 is 19.9 Å². The van der Waals surface area contributed by atoms with E-state index in [2.05, 4.69) is 16.5 Å². The number of rotatable bonds is 7. The maximum absolute atomic E-state index is 12.5. The van der Waals surface area contributed by atoms with Gasteiger partial charge in [-0.05, 0) is 56.5 Å². The Labute approximate surface area is 151 Å². The van der Waals surface area contributed by atoms with Crippen molar-refractivity contribution in [1.29, 1.82) is 0 Å². The second-order valence-electron chi connectivity index (χ2n) is 6.90. The first-order valence-corrected chi connectivity index (χ1v) is 11.8. The van der Waals surface area contributed by atoms with Gasteiger partial charge in [-0.25, -0.2) is 21.6 Å². The average Bonchev–Trinajstić information content (AvgIpc) is 2.54. The number of hydrogen-bond donors (Lipinski definition) is 1. The molecule has 0 aliphatic carbocycles. The van der Waals surface area contributed by atoms with E-state index < -0.39 is 19.9 Å². The molecule has 6 nitrogen and oxygen atoms in total. The fourth-order valence-electron chi connectivity index (χ4n) is 3.20. The number of hydrogen-bond acceptors (Lipinski definition) is 5. The van der Waals surface area contributed by atoms with Crippen LogP contribution in [0.5, 0.6) is 0 Å². The van der Waals surface area contributed by atoms with Crippen LogP contribution in [0.15, 0.2) is 34.1 Å². The fourth-order valence-corrected chi connectivity index (χ4v) is 5.32. The number of sulfone groups is 1. The van der Waals surface area contributed by atoms with Crippen LogP contribution in [0.4, 0.5) is 0 Å². The summed E-state index contributed by atoms with van der Waals surface area (Å²) in [4.78, 5) is 2.52. The van der Waals surface area contributed by atoms with Gasteiger partial charge in [0.25, 0.3) is 0 Å². The zero-order chi connectivity index (χ0) is 18.7. The van der Waals surface area contributed by atoms with Gasteiger partial charge < -0.3 is 4.90 Å². The van der Waals surface area contributed by atoms with E-state index in [1.807, 2.05) is 6.92 Å². The Kier molecular flexibility index (Phi) is 6.64. The van der Waals surface area contributed by atoms with E-state index in [1.54, 1.807) is 6.92 Å². The van der Waals surface area contributed by atoms with Crippen molar-refractivity contribution in [3.05, 3.63) is 24.3 Å². The highest BCUT2D eigenvalue weighted by molar-refractivity contribution is 7.91. The molecule has 0 saturated carbocycles. The predicted octanol–water partition coefficient (Wildman–Crippen LogP) is 1.88. The SMILES string of the molecule is CCS(=O)(=O)c1ccc(S(=O)(=O)N[C@@H](C)CN2CCC[C@@H](C)C2)cc1. The Bertz CT molecular complexity index is 773. The van der Waals surface area contributed by atoms with Gasteiger partial charge in [-0.1, -0.05) is 13.8 Å². The van der Waals surface area contributed by atoms with Gasteiger partial charge in [0.15, 0.2) is 9.84 Å². The summed E-state index contributed by atoms with van der Waals surface area (Å²) in [6.45, 7) is 8.30. The first-order valence-electron chi connectivity index (χ1n) is 8.71. The van der Waals surface area contributed by atoms with Gasteiger partial charge in [0.2, 0.25) is 10.0 Å². The van der Waals surface area contributed by atoms with Crippen molar-refractivity contribution in [2.75, 3.05) is 25.4 Å². The lowest BCUT2D eigenvalue weighted by molar-refractivity contribution is 0.174. The number of piperidine rings is 1. The van der Waals surface area contributed by atoms with E-state index in [-0.39, 0.29) is 21.6 Å². The Morgan fingerprint density at radius 3 is 2.32 bits per heavy atom.